The van der Waals surface area contributed by atoms with Crippen molar-refractivity contribution in [3.05, 3.63) is 29.0 Å². The molecule has 0 radical (unpaired) electrons. The van der Waals surface area contributed by atoms with Crippen LogP contribution in [0.25, 0.3) is 0 Å². The summed E-state index contributed by atoms with van der Waals surface area (Å²) in [5, 5.41) is -0.179. The lowest BCUT2D eigenvalue weighted by atomic mass is 10.1. The van der Waals surface area contributed by atoms with Gasteiger partial charge in [0.05, 0.1) is 17.0 Å². The zero-order valence-corrected chi connectivity index (χ0v) is 15.4. The fourth-order valence-electron chi connectivity index (χ4n) is 2.99. The van der Waals surface area contributed by atoms with E-state index in [0.717, 1.165) is 35.9 Å². The number of anilines is 1. The Kier molecular flexibility index (Phi) is 6.09. The molecule has 0 unspecified atom stereocenters. The van der Waals surface area contributed by atoms with Crippen LogP contribution in [-0.4, -0.2) is 44.6 Å². The first-order valence-corrected chi connectivity index (χ1v) is 10.2. The maximum absolute atomic E-state index is 13.4. The zero-order chi connectivity index (χ0) is 17.9. The van der Waals surface area contributed by atoms with Crippen molar-refractivity contribution in [2.75, 3.05) is 23.7 Å². The molecule has 1 aromatic carbocycles. The van der Waals surface area contributed by atoms with Crippen LogP contribution in [0.4, 0.5) is 10.1 Å². The molecular formula is C16H22ClFN2O3S. The number of sulfonamides is 1. The van der Waals surface area contributed by atoms with E-state index in [1.807, 2.05) is 0 Å². The minimum atomic E-state index is -3.74. The van der Waals surface area contributed by atoms with Gasteiger partial charge in [0.2, 0.25) is 15.9 Å². The molecule has 134 valence electrons. The third kappa shape index (κ3) is 4.19. The Hall–Kier alpha value is -1.34. The van der Waals surface area contributed by atoms with E-state index in [0.29, 0.717) is 19.5 Å². The molecule has 1 heterocycles. The maximum atomic E-state index is 13.4. The van der Waals surface area contributed by atoms with Gasteiger partial charge in [0, 0.05) is 13.1 Å². The van der Waals surface area contributed by atoms with Crippen LogP contribution >= 0.6 is 11.6 Å². The van der Waals surface area contributed by atoms with Gasteiger partial charge >= 0.3 is 0 Å². The molecule has 2 rings (SSSR count). The van der Waals surface area contributed by atoms with Gasteiger partial charge in [0.25, 0.3) is 0 Å². The first-order chi connectivity index (χ1) is 11.3. The summed E-state index contributed by atoms with van der Waals surface area (Å²) in [5.74, 6) is -0.854. The van der Waals surface area contributed by atoms with Crippen molar-refractivity contribution in [1.29, 1.82) is 0 Å². The lowest BCUT2D eigenvalue weighted by Gasteiger charge is -2.35. The number of rotatable bonds is 5. The van der Waals surface area contributed by atoms with Crippen LogP contribution in [0, 0.1) is 5.82 Å². The second-order valence-electron chi connectivity index (χ2n) is 5.97. The second-order valence-corrected chi connectivity index (χ2v) is 8.23. The molecule has 1 aliphatic rings. The standard InChI is InChI=1S/C16H22ClFN2O3S/c1-3-15(16(21)19-9-5-4-6-10-19)20(24(2,22)23)12-7-8-14(18)13(17)11-12/h7-8,11,15H,3-6,9-10H2,1-2H3/t15-/m0/s1. The fraction of sp³-hybridized carbons (Fsp3) is 0.562. The van der Waals surface area contributed by atoms with E-state index < -0.39 is 21.9 Å². The van der Waals surface area contributed by atoms with E-state index in [2.05, 4.69) is 0 Å². The summed E-state index contributed by atoms with van der Waals surface area (Å²) in [5.41, 5.74) is 0.195. The van der Waals surface area contributed by atoms with Gasteiger partial charge < -0.3 is 4.90 Å². The molecule has 1 fully saturated rings. The van der Waals surface area contributed by atoms with Crippen molar-refractivity contribution in [2.24, 2.45) is 0 Å². The summed E-state index contributed by atoms with van der Waals surface area (Å²) in [6, 6.07) is 2.81. The molecule has 1 aromatic rings. The van der Waals surface area contributed by atoms with Crippen LogP contribution in [-0.2, 0) is 14.8 Å². The number of carbonyl (C=O) groups excluding carboxylic acids is 1. The van der Waals surface area contributed by atoms with Gasteiger partial charge in [-0.1, -0.05) is 18.5 Å². The number of likely N-dealkylation sites (tertiary alicyclic amines) is 1. The van der Waals surface area contributed by atoms with E-state index in [-0.39, 0.29) is 16.6 Å². The van der Waals surface area contributed by atoms with Crippen LogP contribution in [0.5, 0.6) is 0 Å². The largest absolute Gasteiger partial charge is 0.341 e. The third-order valence-electron chi connectivity index (χ3n) is 4.14. The minimum Gasteiger partial charge on any atom is -0.341 e. The highest BCUT2D eigenvalue weighted by Gasteiger charge is 2.34. The average molecular weight is 377 g/mol. The summed E-state index contributed by atoms with van der Waals surface area (Å²) in [7, 11) is -3.74. The van der Waals surface area contributed by atoms with E-state index >= 15 is 0 Å². The van der Waals surface area contributed by atoms with E-state index in [1.54, 1.807) is 11.8 Å². The van der Waals surface area contributed by atoms with Gasteiger partial charge in [-0.05, 0) is 43.9 Å². The molecule has 0 aliphatic carbocycles. The van der Waals surface area contributed by atoms with Crippen molar-refractivity contribution in [1.82, 2.24) is 4.90 Å². The predicted molar refractivity (Wildman–Crippen MR) is 93.2 cm³/mol. The zero-order valence-electron chi connectivity index (χ0n) is 13.8. The lowest BCUT2D eigenvalue weighted by Crippen LogP contribution is -2.51. The Labute approximate surface area is 147 Å². The molecule has 0 aromatic heterocycles. The number of carbonyl (C=O) groups is 1. The molecule has 5 nitrogen and oxygen atoms in total. The quantitative estimate of drug-likeness (QED) is 0.793. The Morgan fingerprint density at radius 2 is 1.96 bits per heavy atom. The molecule has 24 heavy (non-hydrogen) atoms. The van der Waals surface area contributed by atoms with Crippen molar-refractivity contribution in [3.63, 3.8) is 0 Å². The molecule has 1 atom stereocenters. The van der Waals surface area contributed by atoms with Gasteiger partial charge in [0.15, 0.2) is 0 Å². The topological polar surface area (TPSA) is 57.7 Å². The number of benzene rings is 1. The Bertz CT molecular complexity index is 705. The highest BCUT2D eigenvalue weighted by Crippen LogP contribution is 2.28. The molecule has 0 spiro atoms. The van der Waals surface area contributed by atoms with Crippen LogP contribution in [0.2, 0.25) is 5.02 Å². The van der Waals surface area contributed by atoms with Gasteiger partial charge in [-0.2, -0.15) is 0 Å². The molecule has 1 aliphatic heterocycles. The molecular weight excluding hydrogens is 355 g/mol. The summed E-state index contributed by atoms with van der Waals surface area (Å²) in [4.78, 5) is 14.6. The van der Waals surface area contributed by atoms with Gasteiger partial charge in [-0.15, -0.1) is 0 Å². The van der Waals surface area contributed by atoms with Crippen LogP contribution in [0.15, 0.2) is 18.2 Å². The molecule has 0 saturated carbocycles. The monoisotopic (exact) mass is 376 g/mol. The first kappa shape index (κ1) is 19.0. The number of hydrogen-bond acceptors (Lipinski definition) is 3. The van der Waals surface area contributed by atoms with Crippen molar-refractivity contribution >= 4 is 33.2 Å². The van der Waals surface area contributed by atoms with Crippen LogP contribution in [0.1, 0.15) is 32.6 Å². The number of piperidine rings is 1. The van der Waals surface area contributed by atoms with Gasteiger partial charge in [-0.3, -0.25) is 9.10 Å². The van der Waals surface area contributed by atoms with E-state index in [9.17, 15) is 17.6 Å². The number of amides is 1. The normalized spacial score (nSPS) is 16.8. The number of nitrogens with zero attached hydrogens (tertiary/aromatic N) is 2. The number of halogens is 2. The maximum Gasteiger partial charge on any atom is 0.246 e. The smallest absolute Gasteiger partial charge is 0.246 e. The van der Waals surface area contributed by atoms with Crippen molar-refractivity contribution in [2.45, 2.75) is 38.6 Å². The SMILES string of the molecule is CC[C@@H](C(=O)N1CCCCC1)N(c1ccc(F)c(Cl)c1)S(C)(=O)=O. The minimum absolute atomic E-state index is 0.179. The average Bonchev–Trinajstić information content (AvgIpc) is 2.54. The lowest BCUT2D eigenvalue weighted by molar-refractivity contribution is -0.133. The molecule has 1 amide bonds. The molecule has 8 heteroatoms. The summed E-state index contributed by atoms with van der Waals surface area (Å²) < 4.78 is 39.1. The van der Waals surface area contributed by atoms with E-state index in [1.165, 1.54) is 12.1 Å². The predicted octanol–water partition coefficient (Wildman–Crippen LogP) is 3.04. The number of hydrogen-bond donors (Lipinski definition) is 0. The van der Waals surface area contributed by atoms with Crippen molar-refractivity contribution < 1.29 is 17.6 Å². The second kappa shape index (κ2) is 7.70. The molecule has 0 N–H and O–H groups in total. The van der Waals surface area contributed by atoms with Gasteiger partial charge in [0.1, 0.15) is 11.9 Å². The third-order valence-corrected chi connectivity index (χ3v) is 5.61. The van der Waals surface area contributed by atoms with E-state index in [4.69, 9.17) is 11.6 Å². The first-order valence-electron chi connectivity index (χ1n) is 7.99. The van der Waals surface area contributed by atoms with Gasteiger partial charge in [-0.25, -0.2) is 12.8 Å². The highest BCUT2D eigenvalue weighted by atomic mass is 35.5. The highest BCUT2D eigenvalue weighted by molar-refractivity contribution is 7.92. The van der Waals surface area contributed by atoms with Crippen LogP contribution < -0.4 is 4.31 Å². The molecule has 1 saturated heterocycles. The Morgan fingerprint density at radius 1 is 1.33 bits per heavy atom. The Morgan fingerprint density at radius 3 is 2.46 bits per heavy atom. The summed E-state index contributed by atoms with van der Waals surface area (Å²) in [6.45, 7) is 3.03. The summed E-state index contributed by atoms with van der Waals surface area (Å²) >= 11 is 5.79. The Balaban J connectivity index is 2.41. The summed E-state index contributed by atoms with van der Waals surface area (Å²) in [6.07, 6.45) is 4.27. The van der Waals surface area contributed by atoms with Crippen molar-refractivity contribution in [3.8, 4) is 0 Å². The fourth-order valence-corrected chi connectivity index (χ4v) is 4.36. The van der Waals surface area contributed by atoms with Crippen LogP contribution in [0.3, 0.4) is 0 Å². The molecule has 0 bridgehead atoms.